The van der Waals surface area contributed by atoms with Gasteiger partial charge in [-0.1, -0.05) is 80.9 Å². The lowest BCUT2D eigenvalue weighted by Gasteiger charge is -2.33. The van der Waals surface area contributed by atoms with Crippen molar-refractivity contribution in [3.05, 3.63) is 95.6 Å². The third-order valence-electron chi connectivity index (χ3n) is 6.63. The number of carbonyl (C=O) groups is 2. The van der Waals surface area contributed by atoms with Crippen LogP contribution in [-0.4, -0.2) is 44.3 Å². The van der Waals surface area contributed by atoms with Gasteiger partial charge < -0.3 is 10.2 Å². The summed E-state index contributed by atoms with van der Waals surface area (Å²) in [6, 6.07) is 22.3. The van der Waals surface area contributed by atoms with Crippen LogP contribution in [0.1, 0.15) is 56.7 Å². The fraction of sp³-hybridized carbons (Fsp3) is 0.355. The minimum Gasteiger partial charge on any atom is -0.355 e. The van der Waals surface area contributed by atoms with Crippen LogP contribution in [0.2, 0.25) is 0 Å². The molecule has 1 atom stereocenters. The second kappa shape index (κ2) is 13.4. The number of sulfonamides is 1. The number of hydrogen-bond donors (Lipinski definition) is 1. The molecule has 208 valence electrons. The van der Waals surface area contributed by atoms with Gasteiger partial charge >= 0.3 is 0 Å². The van der Waals surface area contributed by atoms with Crippen LogP contribution < -0.4 is 9.62 Å². The van der Waals surface area contributed by atoms with Gasteiger partial charge in [0.25, 0.3) is 10.0 Å². The van der Waals surface area contributed by atoms with Crippen molar-refractivity contribution in [3.63, 3.8) is 0 Å². The quantitative estimate of drug-likeness (QED) is 0.334. The Morgan fingerprint density at radius 3 is 2.13 bits per heavy atom. The first-order valence-electron chi connectivity index (χ1n) is 13.4. The van der Waals surface area contributed by atoms with Crippen molar-refractivity contribution in [2.45, 2.75) is 64.4 Å². The molecule has 0 fully saturated rings. The molecule has 3 rings (SSSR count). The Morgan fingerprint density at radius 1 is 0.897 bits per heavy atom. The number of likely N-dealkylation sites (N-methyl/N-ethyl adjacent to an activating group) is 1. The van der Waals surface area contributed by atoms with Gasteiger partial charge in [0.2, 0.25) is 11.8 Å². The molecule has 3 aromatic rings. The van der Waals surface area contributed by atoms with Crippen LogP contribution in [0.25, 0.3) is 0 Å². The van der Waals surface area contributed by atoms with Gasteiger partial charge in [0.05, 0.1) is 10.6 Å². The van der Waals surface area contributed by atoms with Gasteiger partial charge in [-0.05, 0) is 61.6 Å². The molecule has 0 radical (unpaired) electrons. The summed E-state index contributed by atoms with van der Waals surface area (Å²) in [7, 11) is -4.07. The monoisotopic (exact) mass is 549 g/mol. The molecular formula is C31H39N3O4S. The number of amides is 2. The number of nitrogens with one attached hydrogen (secondary N) is 1. The first-order valence-corrected chi connectivity index (χ1v) is 14.8. The van der Waals surface area contributed by atoms with Crippen LogP contribution in [-0.2, 0) is 26.2 Å². The zero-order valence-electron chi connectivity index (χ0n) is 23.4. The molecule has 1 N–H and O–H groups in total. The molecule has 0 aliphatic heterocycles. The summed E-state index contributed by atoms with van der Waals surface area (Å²) in [5, 5.41) is 2.82. The van der Waals surface area contributed by atoms with Gasteiger partial charge in [0.1, 0.15) is 12.6 Å². The van der Waals surface area contributed by atoms with Gasteiger partial charge in [-0.2, -0.15) is 0 Å². The molecule has 7 nitrogen and oxygen atoms in total. The maximum absolute atomic E-state index is 14.0. The number of carbonyl (C=O) groups excluding carboxylic acids is 2. The molecule has 0 aliphatic rings. The van der Waals surface area contributed by atoms with E-state index in [1.54, 1.807) is 30.3 Å². The van der Waals surface area contributed by atoms with Crippen molar-refractivity contribution in [2.75, 3.05) is 17.4 Å². The van der Waals surface area contributed by atoms with Crippen LogP contribution in [0.15, 0.2) is 83.8 Å². The lowest BCUT2D eigenvalue weighted by molar-refractivity contribution is -0.140. The van der Waals surface area contributed by atoms with E-state index in [4.69, 9.17) is 0 Å². The van der Waals surface area contributed by atoms with Crippen molar-refractivity contribution < 1.29 is 18.0 Å². The van der Waals surface area contributed by atoms with Gasteiger partial charge in [-0.3, -0.25) is 13.9 Å². The highest BCUT2D eigenvalue weighted by Crippen LogP contribution is 2.27. The maximum Gasteiger partial charge on any atom is 0.264 e. The lowest BCUT2D eigenvalue weighted by atomic mass is 10.0. The molecule has 2 amide bonds. The van der Waals surface area contributed by atoms with Crippen LogP contribution >= 0.6 is 0 Å². The molecular weight excluding hydrogens is 510 g/mol. The molecule has 0 heterocycles. The standard InChI is InChI=1S/C31H39N3O4S/c1-6-29(31(36)32-7-2)33(21-25-13-11-12-24(5)20-25)30(35)22-34(27-18-16-26(17-19-27)23(3)4)39(37,38)28-14-9-8-10-15-28/h8-20,23,29H,6-7,21-22H2,1-5H3,(H,32,36)/t29-/m1/s1. The Balaban J connectivity index is 2.06. The number of rotatable bonds is 12. The van der Waals surface area contributed by atoms with Crippen molar-refractivity contribution >= 4 is 27.5 Å². The van der Waals surface area contributed by atoms with Crippen molar-refractivity contribution in [3.8, 4) is 0 Å². The highest BCUT2D eigenvalue weighted by molar-refractivity contribution is 7.92. The van der Waals surface area contributed by atoms with Gasteiger partial charge in [0.15, 0.2) is 0 Å². The number of benzene rings is 3. The number of aryl methyl sites for hydroxylation is 1. The zero-order chi connectivity index (χ0) is 28.6. The minimum absolute atomic E-state index is 0.0896. The molecule has 3 aromatic carbocycles. The predicted molar refractivity (Wildman–Crippen MR) is 156 cm³/mol. The normalized spacial score (nSPS) is 12.2. The summed E-state index contributed by atoms with van der Waals surface area (Å²) in [6.45, 7) is 9.93. The third-order valence-corrected chi connectivity index (χ3v) is 8.42. The average Bonchev–Trinajstić information content (AvgIpc) is 2.92. The zero-order valence-corrected chi connectivity index (χ0v) is 24.2. The molecule has 0 aromatic heterocycles. The molecule has 0 aliphatic carbocycles. The SMILES string of the molecule is CCNC(=O)[C@@H](CC)N(Cc1cccc(C)c1)C(=O)CN(c1ccc(C(C)C)cc1)S(=O)(=O)c1ccccc1. The van der Waals surface area contributed by atoms with Gasteiger partial charge in [0, 0.05) is 13.1 Å². The Morgan fingerprint density at radius 2 is 1.56 bits per heavy atom. The van der Waals surface area contributed by atoms with E-state index in [1.165, 1.54) is 17.0 Å². The fourth-order valence-electron chi connectivity index (χ4n) is 4.49. The van der Waals surface area contributed by atoms with Gasteiger partial charge in [-0.15, -0.1) is 0 Å². The number of hydrogen-bond acceptors (Lipinski definition) is 4. The topological polar surface area (TPSA) is 86.8 Å². The van der Waals surface area contributed by atoms with Crippen LogP contribution in [0.3, 0.4) is 0 Å². The summed E-state index contributed by atoms with van der Waals surface area (Å²) in [4.78, 5) is 28.6. The summed E-state index contributed by atoms with van der Waals surface area (Å²) in [5.41, 5.74) is 3.35. The Bertz CT molecular complexity index is 1360. The molecule has 0 bridgehead atoms. The van der Waals surface area contributed by atoms with E-state index in [0.29, 0.717) is 18.7 Å². The van der Waals surface area contributed by atoms with E-state index < -0.39 is 28.5 Å². The van der Waals surface area contributed by atoms with E-state index >= 15 is 0 Å². The largest absolute Gasteiger partial charge is 0.355 e. The number of anilines is 1. The maximum atomic E-state index is 14.0. The van der Waals surface area contributed by atoms with Gasteiger partial charge in [-0.25, -0.2) is 8.42 Å². The Kier molecular flexibility index (Phi) is 10.3. The second-order valence-electron chi connectivity index (χ2n) is 9.90. The van der Waals surface area contributed by atoms with Crippen LogP contribution in [0.5, 0.6) is 0 Å². The first kappa shape index (κ1) is 29.9. The fourth-order valence-corrected chi connectivity index (χ4v) is 5.93. The summed E-state index contributed by atoms with van der Waals surface area (Å²) in [5.74, 6) is -0.450. The molecule has 0 unspecified atom stereocenters. The smallest absolute Gasteiger partial charge is 0.264 e. The highest BCUT2D eigenvalue weighted by atomic mass is 32.2. The predicted octanol–water partition coefficient (Wildman–Crippen LogP) is 5.26. The second-order valence-corrected chi connectivity index (χ2v) is 11.8. The lowest BCUT2D eigenvalue weighted by Crippen LogP contribution is -2.52. The molecule has 0 saturated heterocycles. The van der Waals surface area contributed by atoms with Crippen LogP contribution in [0, 0.1) is 6.92 Å². The molecule has 8 heteroatoms. The van der Waals surface area contributed by atoms with E-state index in [2.05, 4.69) is 19.2 Å². The average molecular weight is 550 g/mol. The summed E-state index contributed by atoms with van der Waals surface area (Å²) < 4.78 is 28.9. The third kappa shape index (κ3) is 7.47. The van der Waals surface area contributed by atoms with E-state index in [1.807, 2.05) is 57.2 Å². The summed E-state index contributed by atoms with van der Waals surface area (Å²) >= 11 is 0. The first-order chi connectivity index (χ1) is 18.6. The van der Waals surface area contributed by atoms with E-state index in [9.17, 15) is 18.0 Å². The van der Waals surface area contributed by atoms with E-state index in [0.717, 1.165) is 21.0 Å². The minimum atomic E-state index is -4.07. The van der Waals surface area contributed by atoms with Crippen molar-refractivity contribution in [2.24, 2.45) is 0 Å². The van der Waals surface area contributed by atoms with Crippen molar-refractivity contribution in [1.29, 1.82) is 0 Å². The molecule has 39 heavy (non-hydrogen) atoms. The Hall–Kier alpha value is -3.65. The van der Waals surface area contributed by atoms with Crippen LogP contribution in [0.4, 0.5) is 5.69 Å². The highest BCUT2D eigenvalue weighted by Gasteiger charge is 2.33. The summed E-state index contributed by atoms with van der Waals surface area (Å²) in [6.07, 6.45) is 0.387. The van der Waals surface area contributed by atoms with Crippen molar-refractivity contribution in [1.82, 2.24) is 10.2 Å². The Labute approximate surface area is 232 Å². The molecule has 0 spiro atoms. The van der Waals surface area contributed by atoms with E-state index in [-0.39, 0.29) is 23.3 Å². The number of nitrogens with zero attached hydrogens (tertiary/aromatic N) is 2. The molecule has 0 saturated carbocycles.